The van der Waals surface area contributed by atoms with Gasteiger partial charge in [0.1, 0.15) is 0 Å². The predicted molar refractivity (Wildman–Crippen MR) is 92.5 cm³/mol. The molecule has 124 valence electrons. The minimum atomic E-state index is -0.219. The van der Waals surface area contributed by atoms with Crippen molar-refractivity contribution >= 4 is 23.2 Å². The third kappa shape index (κ3) is 5.85. The SMILES string of the molecule is CC(C)CC(=O)Nc1ccc(C(=O)NN=C2CCCCC2)cc1. The Morgan fingerprint density at radius 2 is 1.74 bits per heavy atom. The van der Waals surface area contributed by atoms with Gasteiger partial charge in [0, 0.05) is 23.4 Å². The zero-order chi connectivity index (χ0) is 16.7. The highest BCUT2D eigenvalue weighted by atomic mass is 16.2. The van der Waals surface area contributed by atoms with E-state index in [-0.39, 0.29) is 11.8 Å². The largest absolute Gasteiger partial charge is 0.326 e. The van der Waals surface area contributed by atoms with E-state index in [1.54, 1.807) is 24.3 Å². The fraction of sp³-hybridized carbons (Fsp3) is 0.500. The molecule has 1 aliphatic rings. The molecule has 0 aromatic heterocycles. The Balaban J connectivity index is 1.88. The molecule has 23 heavy (non-hydrogen) atoms. The lowest BCUT2D eigenvalue weighted by atomic mass is 9.99. The number of carbonyl (C=O) groups is 2. The lowest BCUT2D eigenvalue weighted by molar-refractivity contribution is -0.116. The molecule has 0 atom stereocenters. The molecule has 0 saturated heterocycles. The number of hydrogen-bond acceptors (Lipinski definition) is 3. The first-order chi connectivity index (χ1) is 11.0. The van der Waals surface area contributed by atoms with Crippen LogP contribution in [-0.2, 0) is 4.79 Å². The minimum Gasteiger partial charge on any atom is -0.326 e. The van der Waals surface area contributed by atoms with Crippen LogP contribution in [-0.4, -0.2) is 17.5 Å². The maximum absolute atomic E-state index is 12.1. The van der Waals surface area contributed by atoms with Crippen molar-refractivity contribution in [2.45, 2.75) is 52.4 Å². The molecule has 0 spiro atoms. The standard InChI is InChI=1S/C18H25N3O2/c1-13(2)12-17(22)19-15-10-8-14(9-11-15)18(23)21-20-16-6-4-3-5-7-16/h8-11,13H,3-7,12H2,1-2H3,(H,19,22)(H,21,23). The molecule has 0 radical (unpaired) electrons. The number of nitrogens with zero attached hydrogens (tertiary/aromatic N) is 1. The number of amides is 2. The van der Waals surface area contributed by atoms with Crippen molar-refractivity contribution in [3.8, 4) is 0 Å². The third-order valence-electron chi connectivity index (χ3n) is 3.77. The first-order valence-electron chi connectivity index (χ1n) is 8.30. The molecule has 0 bridgehead atoms. The Morgan fingerprint density at radius 1 is 1.09 bits per heavy atom. The molecule has 1 aliphatic carbocycles. The van der Waals surface area contributed by atoms with Crippen LogP contribution in [0.2, 0.25) is 0 Å². The van der Waals surface area contributed by atoms with Gasteiger partial charge in [0.15, 0.2) is 0 Å². The highest BCUT2D eigenvalue weighted by Gasteiger charge is 2.10. The van der Waals surface area contributed by atoms with Gasteiger partial charge in [-0.25, -0.2) is 5.43 Å². The first kappa shape index (κ1) is 17.2. The molecule has 0 heterocycles. The van der Waals surface area contributed by atoms with Crippen molar-refractivity contribution in [1.29, 1.82) is 0 Å². The molecule has 1 aromatic rings. The lowest BCUT2D eigenvalue weighted by Gasteiger charge is -2.12. The monoisotopic (exact) mass is 315 g/mol. The number of carbonyl (C=O) groups excluding carboxylic acids is 2. The fourth-order valence-corrected chi connectivity index (χ4v) is 2.55. The van der Waals surface area contributed by atoms with Crippen LogP contribution in [0.5, 0.6) is 0 Å². The Morgan fingerprint density at radius 3 is 2.35 bits per heavy atom. The van der Waals surface area contributed by atoms with Gasteiger partial charge in [-0.1, -0.05) is 20.3 Å². The quantitative estimate of drug-likeness (QED) is 0.813. The van der Waals surface area contributed by atoms with Crippen molar-refractivity contribution in [3.63, 3.8) is 0 Å². The first-order valence-corrected chi connectivity index (χ1v) is 8.30. The Bertz CT molecular complexity index is 568. The summed E-state index contributed by atoms with van der Waals surface area (Å²) in [7, 11) is 0. The van der Waals surface area contributed by atoms with Crippen molar-refractivity contribution < 1.29 is 9.59 Å². The van der Waals surface area contributed by atoms with Crippen molar-refractivity contribution in [2.24, 2.45) is 11.0 Å². The summed E-state index contributed by atoms with van der Waals surface area (Å²) in [5.74, 6) is 0.0861. The third-order valence-corrected chi connectivity index (χ3v) is 3.77. The van der Waals surface area contributed by atoms with Crippen LogP contribution in [0, 0.1) is 5.92 Å². The van der Waals surface area contributed by atoms with Gasteiger partial charge in [-0.2, -0.15) is 5.10 Å². The fourth-order valence-electron chi connectivity index (χ4n) is 2.55. The second-order valence-electron chi connectivity index (χ2n) is 6.40. The molecule has 1 aromatic carbocycles. The van der Waals surface area contributed by atoms with E-state index in [1.165, 1.54) is 6.42 Å². The predicted octanol–water partition coefficient (Wildman–Crippen LogP) is 3.72. The van der Waals surface area contributed by atoms with Gasteiger partial charge in [0.2, 0.25) is 5.91 Å². The molecule has 2 N–H and O–H groups in total. The van der Waals surface area contributed by atoms with E-state index in [1.807, 2.05) is 13.8 Å². The summed E-state index contributed by atoms with van der Waals surface area (Å²) < 4.78 is 0. The highest BCUT2D eigenvalue weighted by molar-refractivity contribution is 5.96. The molecule has 1 fully saturated rings. The van der Waals surface area contributed by atoms with Crippen molar-refractivity contribution in [3.05, 3.63) is 29.8 Å². The van der Waals surface area contributed by atoms with Gasteiger partial charge in [-0.15, -0.1) is 0 Å². The average molecular weight is 315 g/mol. The van der Waals surface area contributed by atoms with E-state index in [0.29, 0.717) is 23.6 Å². The van der Waals surface area contributed by atoms with Gasteiger partial charge >= 0.3 is 0 Å². The van der Waals surface area contributed by atoms with E-state index in [0.717, 1.165) is 31.4 Å². The van der Waals surface area contributed by atoms with Crippen molar-refractivity contribution in [1.82, 2.24) is 5.43 Å². The van der Waals surface area contributed by atoms with Crippen LogP contribution in [0.1, 0.15) is 62.7 Å². The van der Waals surface area contributed by atoms with Gasteiger partial charge in [-0.05, 0) is 55.9 Å². The second-order valence-corrected chi connectivity index (χ2v) is 6.40. The smallest absolute Gasteiger partial charge is 0.271 e. The summed E-state index contributed by atoms with van der Waals surface area (Å²) in [6.07, 6.45) is 5.98. The lowest BCUT2D eigenvalue weighted by Crippen LogP contribution is -2.20. The molecule has 2 rings (SSSR count). The van der Waals surface area contributed by atoms with E-state index in [9.17, 15) is 9.59 Å². The summed E-state index contributed by atoms with van der Waals surface area (Å²) in [4.78, 5) is 23.8. The van der Waals surface area contributed by atoms with Gasteiger partial charge in [0.05, 0.1) is 0 Å². The maximum atomic E-state index is 12.1. The zero-order valence-electron chi connectivity index (χ0n) is 13.9. The summed E-state index contributed by atoms with van der Waals surface area (Å²) in [6.45, 7) is 4.00. The van der Waals surface area contributed by atoms with Crippen LogP contribution in [0.25, 0.3) is 0 Å². The van der Waals surface area contributed by atoms with Crippen molar-refractivity contribution in [2.75, 3.05) is 5.32 Å². The van der Waals surface area contributed by atoms with Crippen LogP contribution in [0.15, 0.2) is 29.4 Å². The van der Waals surface area contributed by atoms with Gasteiger partial charge in [-0.3, -0.25) is 9.59 Å². The molecule has 2 amide bonds. The van der Waals surface area contributed by atoms with E-state index >= 15 is 0 Å². The molecule has 0 unspecified atom stereocenters. The summed E-state index contributed by atoms with van der Waals surface area (Å²) in [5, 5.41) is 7.04. The Kier molecular flexibility index (Phi) is 6.32. The summed E-state index contributed by atoms with van der Waals surface area (Å²) in [5.41, 5.74) is 4.92. The van der Waals surface area contributed by atoms with Crippen LogP contribution in [0.3, 0.4) is 0 Å². The minimum absolute atomic E-state index is 0.0131. The molecular weight excluding hydrogens is 290 g/mol. The topological polar surface area (TPSA) is 70.6 Å². The highest BCUT2D eigenvalue weighted by Crippen LogP contribution is 2.15. The normalized spacial score (nSPS) is 14.5. The van der Waals surface area contributed by atoms with Crippen LogP contribution >= 0.6 is 0 Å². The summed E-state index contributed by atoms with van der Waals surface area (Å²) >= 11 is 0. The Hall–Kier alpha value is -2.17. The number of nitrogens with one attached hydrogen (secondary N) is 2. The molecule has 1 saturated carbocycles. The number of hydrogen-bond donors (Lipinski definition) is 2. The van der Waals surface area contributed by atoms with Crippen LogP contribution in [0.4, 0.5) is 5.69 Å². The number of rotatable bonds is 5. The molecular formula is C18H25N3O2. The molecule has 0 aliphatic heterocycles. The molecule has 5 heteroatoms. The molecule has 5 nitrogen and oxygen atoms in total. The van der Waals surface area contributed by atoms with Crippen LogP contribution < -0.4 is 10.7 Å². The average Bonchev–Trinajstić information content (AvgIpc) is 2.53. The zero-order valence-corrected chi connectivity index (χ0v) is 13.9. The van der Waals surface area contributed by atoms with Gasteiger partial charge < -0.3 is 5.32 Å². The number of benzene rings is 1. The maximum Gasteiger partial charge on any atom is 0.271 e. The van der Waals surface area contributed by atoms with E-state index in [4.69, 9.17) is 0 Å². The second kappa shape index (κ2) is 8.46. The summed E-state index contributed by atoms with van der Waals surface area (Å²) in [6, 6.07) is 6.87. The Labute approximate surface area is 137 Å². The van der Waals surface area contributed by atoms with E-state index in [2.05, 4.69) is 15.8 Å². The number of hydrazone groups is 1. The van der Waals surface area contributed by atoms with E-state index < -0.39 is 0 Å². The number of anilines is 1. The van der Waals surface area contributed by atoms with Gasteiger partial charge in [0.25, 0.3) is 5.91 Å².